The average molecular weight is 482 g/mol. The molecule has 0 aliphatic carbocycles. The first-order valence-corrected chi connectivity index (χ1v) is 11.8. The van der Waals surface area contributed by atoms with E-state index in [-0.39, 0.29) is 41.2 Å². The molecule has 2 aromatic carbocycles. The van der Waals surface area contributed by atoms with Gasteiger partial charge in [-0.15, -0.1) is 0 Å². The van der Waals surface area contributed by atoms with Gasteiger partial charge in [-0.25, -0.2) is 9.37 Å². The SMILES string of the molecule is COc1cc(-c2nc3ccc(N4CCNCC4(C)C)cc3c(=O)n2CC(=O)NC(C)C)ccc1F. The molecular formula is C26H32FN5O3. The van der Waals surface area contributed by atoms with Gasteiger partial charge in [0.1, 0.15) is 12.4 Å². The topological polar surface area (TPSA) is 88.5 Å². The molecule has 1 aliphatic heterocycles. The van der Waals surface area contributed by atoms with Crippen LogP contribution >= 0.6 is 0 Å². The highest BCUT2D eigenvalue weighted by molar-refractivity contribution is 5.85. The summed E-state index contributed by atoms with van der Waals surface area (Å²) < 4.78 is 20.5. The fourth-order valence-corrected chi connectivity index (χ4v) is 4.52. The van der Waals surface area contributed by atoms with E-state index in [9.17, 15) is 14.0 Å². The smallest absolute Gasteiger partial charge is 0.262 e. The number of anilines is 1. The molecule has 0 unspecified atom stereocenters. The van der Waals surface area contributed by atoms with Crippen molar-refractivity contribution < 1.29 is 13.9 Å². The third kappa shape index (κ3) is 5.00. The minimum Gasteiger partial charge on any atom is -0.494 e. The summed E-state index contributed by atoms with van der Waals surface area (Å²) in [7, 11) is 1.37. The number of halogens is 1. The lowest BCUT2D eigenvalue weighted by Gasteiger charge is -2.44. The molecule has 186 valence electrons. The van der Waals surface area contributed by atoms with Crippen LogP contribution in [-0.2, 0) is 11.3 Å². The van der Waals surface area contributed by atoms with Crippen LogP contribution in [0.3, 0.4) is 0 Å². The summed E-state index contributed by atoms with van der Waals surface area (Å²) in [6.45, 7) is 10.3. The van der Waals surface area contributed by atoms with Crippen LogP contribution < -0.4 is 25.8 Å². The molecule has 3 aromatic rings. The van der Waals surface area contributed by atoms with Crippen molar-refractivity contribution in [3.63, 3.8) is 0 Å². The van der Waals surface area contributed by atoms with Crippen LogP contribution in [0.2, 0.25) is 0 Å². The van der Waals surface area contributed by atoms with Crippen molar-refractivity contribution in [2.45, 2.75) is 45.8 Å². The number of nitrogens with zero attached hydrogens (tertiary/aromatic N) is 3. The second kappa shape index (κ2) is 9.65. The zero-order valence-electron chi connectivity index (χ0n) is 20.8. The van der Waals surface area contributed by atoms with Crippen molar-refractivity contribution in [2.24, 2.45) is 0 Å². The molecule has 35 heavy (non-hydrogen) atoms. The van der Waals surface area contributed by atoms with Crippen molar-refractivity contribution in [3.05, 3.63) is 52.6 Å². The lowest BCUT2D eigenvalue weighted by atomic mass is 9.98. The standard InChI is InChI=1S/C26H32FN5O3/c1-16(2)29-23(33)14-31-24(17-6-8-20(27)22(12-17)35-5)30-21-9-7-18(13-19(21)25(31)34)32-11-10-28-15-26(32,3)4/h6-9,12-13,16,28H,10-11,14-15H2,1-5H3,(H,29,33). The summed E-state index contributed by atoms with van der Waals surface area (Å²) in [5, 5.41) is 6.65. The quantitative estimate of drug-likeness (QED) is 0.563. The zero-order valence-corrected chi connectivity index (χ0v) is 20.8. The van der Waals surface area contributed by atoms with Crippen LogP contribution in [-0.4, -0.2) is 53.8 Å². The molecule has 2 N–H and O–H groups in total. The Morgan fingerprint density at radius 3 is 2.71 bits per heavy atom. The van der Waals surface area contributed by atoms with Crippen molar-refractivity contribution in [3.8, 4) is 17.1 Å². The van der Waals surface area contributed by atoms with E-state index in [1.54, 1.807) is 0 Å². The molecule has 9 heteroatoms. The third-order valence-electron chi connectivity index (χ3n) is 6.21. The van der Waals surface area contributed by atoms with E-state index < -0.39 is 5.82 Å². The Balaban J connectivity index is 1.89. The van der Waals surface area contributed by atoms with Gasteiger partial charge in [-0.1, -0.05) is 0 Å². The first-order valence-electron chi connectivity index (χ1n) is 11.8. The normalized spacial score (nSPS) is 15.5. The number of ether oxygens (including phenoxy) is 1. The first-order chi connectivity index (χ1) is 16.6. The monoisotopic (exact) mass is 481 g/mol. The Labute approximate surface area is 204 Å². The molecule has 1 fully saturated rings. The van der Waals surface area contributed by atoms with Crippen molar-refractivity contribution in [1.82, 2.24) is 20.2 Å². The van der Waals surface area contributed by atoms with E-state index in [4.69, 9.17) is 9.72 Å². The van der Waals surface area contributed by atoms with Crippen molar-refractivity contribution >= 4 is 22.5 Å². The van der Waals surface area contributed by atoms with Crippen LogP contribution in [0.4, 0.5) is 10.1 Å². The third-order valence-corrected chi connectivity index (χ3v) is 6.21. The number of fused-ring (bicyclic) bond motifs is 1. The first kappa shape index (κ1) is 24.7. The summed E-state index contributed by atoms with van der Waals surface area (Å²) in [5.41, 5.74) is 1.46. The number of carbonyl (C=O) groups is 1. The molecule has 2 heterocycles. The minimum absolute atomic E-state index is 0.0336. The van der Waals surface area contributed by atoms with E-state index >= 15 is 0 Å². The predicted molar refractivity (Wildman–Crippen MR) is 136 cm³/mol. The fourth-order valence-electron chi connectivity index (χ4n) is 4.52. The molecule has 1 saturated heterocycles. The number of benzene rings is 2. The molecule has 0 spiro atoms. The Morgan fingerprint density at radius 2 is 2.03 bits per heavy atom. The lowest BCUT2D eigenvalue weighted by Crippen LogP contribution is -2.58. The van der Waals surface area contributed by atoms with Gasteiger partial charge in [0.05, 0.1) is 18.0 Å². The summed E-state index contributed by atoms with van der Waals surface area (Å²) in [5.74, 6) is -0.522. The number of piperazine rings is 1. The molecule has 0 radical (unpaired) electrons. The largest absolute Gasteiger partial charge is 0.494 e. The van der Waals surface area contributed by atoms with Gasteiger partial charge < -0.3 is 20.3 Å². The number of hydrogen-bond acceptors (Lipinski definition) is 6. The molecule has 1 amide bonds. The second-order valence-electron chi connectivity index (χ2n) is 9.74. The summed E-state index contributed by atoms with van der Waals surface area (Å²) >= 11 is 0. The highest BCUT2D eigenvalue weighted by atomic mass is 19.1. The maximum atomic E-state index is 14.1. The maximum Gasteiger partial charge on any atom is 0.262 e. The van der Waals surface area contributed by atoms with Crippen molar-refractivity contribution in [1.29, 1.82) is 0 Å². The minimum atomic E-state index is -0.522. The van der Waals surface area contributed by atoms with Crippen molar-refractivity contribution in [2.75, 3.05) is 31.6 Å². The molecule has 0 saturated carbocycles. The Hall–Kier alpha value is -3.46. The van der Waals surface area contributed by atoms with Gasteiger partial charge in [0.25, 0.3) is 5.56 Å². The van der Waals surface area contributed by atoms with Crippen LogP contribution in [0.1, 0.15) is 27.7 Å². The van der Waals surface area contributed by atoms with E-state index in [0.717, 1.165) is 25.3 Å². The average Bonchev–Trinajstić information content (AvgIpc) is 2.80. The maximum absolute atomic E-state index is 14.1. The van der Waals surface area contributed by atoms with E-state index in [1.165, 1.54) is 29.9 Å². The van der Waals surface area contributed by atoms with Gasteiger partial charge in [-0.05, 0) is 64.1 Å². The lowest BCUT2D eigenvalue weighted by molar-refractivity contribution is -0.122. The van der Waals surface area contributed by atoms with Crippen LogP contribution in [0.25, 0.3) is 22.3 Å². The summed E-state index contributed by atoms with van der Waals surface area (Å²) in [6.07, 6.45) is 0. The highest BCUT2D eigenvalue weighted by Gasteiger charge is 2.30. The Bertz CT molecular complexity index is 1320. The van der Waals surface area contributed by atoms with Crippen LogP contribution in [0.15, 0.2) is 41.2 Å². The predicted octanol–water partition coefficient (Wildman–Crippen LogP) is 2.92. The van der Waals surface area contributed by atoms with E-state index in [1.807, 2.05) is 32.0 Å². The number of aromatic nitrogens is 2. The molecule has 0 atom stereocenters. The van der Waals surface area contributed by atoms with E-state index in [2.05, 4.69) is 29.4 Å². The molecule has 1 aliphatic rings. The van der Waals surface area contributed by atoms with Gasteiger partial charge in [-0.2, -0.15) is 0 Å². The van der Waals surface area contributed by atoms with Gasteiger partial charge in [0.2, 0.25) is 5.91 Å². The van der Waals surface area contributed by atoms with Gasteiger partial charge in [-0.3, -0.25) is 14.2 Å². The van der Waals surface area contributed by atoms with Gasteiger partial charge >= 0.3 is 0 Å². The number of nitrogens with one attached hydrogen (secondary N) is 2. The highest BCUT2D eigenvalue weighted by Crippen LogP contribution is 2.29. The second-order valence-corrected chi connectivity index (χ2v) is 9.74. The number of hydrogen-bond donors (Lipinski definition) is 2. The molecule has 0 bridgehead atoms. The molecule has 1 aromatic heterocycles. The van der Waals surface area contributed by atoms with Gasteiger partial charge in [0.15, 0.2) is 11.6 Å². The summed E-state index contributed by atoms with van der Waals surface area (Å²) in [6, 6.07) is 9.83. The number of carbonyl (C=O) groups excluding carboxylic acids is 1. The van der Waals surface area contributed by atoms with Crippen LogP contribution in [0.5, 0.6) is 5.75 Å². The fraction of sp³-hybridized carbons (Fsp3) is 0.423. The Morgan fingerprint density at radius 1 is 1.26 bits per heavy atom. The Kier molecular flexibility index (Phi) is 6.80. The molecule has 4 rings (SSSR count). The zero-order chi connectivity index (χ0) is 25.3. The van der Waals surface area contributed by atoms with E-state index in [0.29, 0.717) is 16.5 Å². The summed E-state index contributed by atoms with van der Waals surface area (Å²) in [4.78, 5) is 33.5. The van der Waals surface area contributed by atoms with Crippen LogP contribution in [0, 0.1) is 5.82 Å². The molecule has 8 nitrogen and oxygen atoms in total. The number of methoxy groups -OCH3 is 1. The number of amides is 1. The van der Waals surface area contributed by atoms with Gasteiger partial charge in [0, 0.05) is 42.5 Å². The number of rotatable bonds is 6. The molecular weight excluding hydrogens is 449 g/mol.